The zero-order valence-corrected chi connectivity index (χ0v) is 17.8. The van der Waals surface area contributed by atoms with Gasteiger partial charge in [-0.25, -0.2) is 13.8 Å². The summed E-state index contributed by atoms with van der Waals surface area (Å²) in [6, 6.07) is 13.0. The number of ether oxygens (including phenoxy) is 1. The minimum Gasteiger partial charge on any atom is -0.457 e. The Hall–Kier alpha value is -3.72. The number of hydrogen-bond acceptors (Lipinski definition) is 6. The molecule has 0 unspecified atom stereocenters. The number of halogens is 3. The number of oxime groups is 1. The van der Waals surface area contributed by atoms with Gasteiger partial charge in [0, 0.05) is 48.6 Å². The van der Waals surface area contributed by atoms with Crippen LogP contribution in [0.4, 0.5) is 20.4 Å². The first-order chi connectivity index (χ1) is 15.2. The number of aryl methyl sites for hydroxylation is 1. The SMILES string of the molecule is Cn1c(Nc2ccc(Cl)c(C(C)(F)F)c2)nc2cc(Oc3ccnc(/C=N\O)c3)ccc21. The van der Waals surface area contributed by atoms with E-state index in [9.17, 15) is 8.78 Å². The second kappa shape index (κ2) is 8.43. The standard InChI is InChI=1S/C22H18ClF2N5O2/c1-22(24,25)17-10-13(3-5-18(17)23)28-21-29-19-11-15(4-6-20(19)30(21)2)32-16-7-8-26-14(9-16)12-27-31/h3-12,31H,1-2H3,(H,28,29)/b27-12-. The summed E-state index contributed by atoms with van der Waals surface area (Å²) in [5, 5.41) is 14.7. The normalized spacial score (nSPS) is 11.9. The molecule has 164 valence electrons. The lowest BCUT2D eigenvalue weighted by Gasteiger charge is -2.14. The molecule has 2 aromatic heterocycles. The fourth-order valence-corrected chi connectivity index (χ4v) is 3.46. The van der Waals surface area contributed by atoms with Crippen molar-refractivity contribution >= 4 is 40.5 Å². The van der Waals surface area contributed by atoms with Crippen molar-refractivity contribution in [3.05, 3.63) is 71.0 Å². The molecule has 2 aromatic carbocycles. The quantitative estimate of drug-likeness (QED) is 0.208. The van der Waals surface area contributed by atoms with Gasteiger partial charge in [-0.3, -0.25) is 4.98 Å². The molecular formula is C22H18ClF2N5O2. The van der Waals surface area contributed by atoms with Crippen LogP contribution in [0.5, 0.6) is 11.5 Å². The number of benzene rings is 2. The molecule has 0 aliphatic rings. The summed E-state index contributed by atoms with van der Waals surface area (Å²) in [5.41, 5.74) is 2.08. The van der Waals surface area contributed by atoms with Gasteiger partial charge in [-0.05, 0) is 36.4 Å². The van der Waals surface area contributed by atoms with Crippen LogP contribution in [0.25, 0.3) is 11.0 Å². The maximum absolute atomic E-state index is 13.8. The first-order valence-corrected chi connectivity index (χ1v) is 9.85. The smallest absolute Gasteiger partial charge is 0.272 e. The third kappa shape index (κ3) is 4.47. The summed E-state index contributed by atoms with van der Waals surface area (Å²) >= 11 is 5.92. The Balaban J connectivity index is 1.61. The van der Waals surface area contributed by atoms with Crippen molar-refractivity contribution in [3.8, 4) is 11.5 Å². The Labute approximate surface area is 186 Å². The Morgan fingerprint density at radius 1 is 1.16 bits per heavy atom. The van der Waals surface area contributed by atoms with E-state index in [0.717, 1.165) is 12.4 Å². The van der Waals surface area contributed by atoms with Gasteiger partial charge in [0.25, 0.3) is 5.92 Å². The van der Waals surface area contributed by atoms with Gasteiger partial charge in [-0.1, -0.05) is 16.8 Å². The lowest BCUT2D eigenvalue weighted by Crippen LogP contribution is -2.09. The Bertz CT molecular complexity index is 1320. The lowest BCUT2D eigenvalue weighted by molar-refractivity contribution is 0.0176. The Morgan fingerprint density at radius 2 is 1.94 bits per heavy atom. The van der Waals surface area contributed by atoms with Crippen molar-refractivity contribution in [1.29, 1.82) is 0 Å². The summed E-state index contributed by atoms with van der Waals surface area (Å²) < 4.78 is 35.3. The van der Waals surface area contributed by atoms with Crippen LogP contribution in [-0.4, -0.2) is 26.0 Å². The molecule has 0 aliphatic carbocycles. The molecule has 0 bridgehead atoms. The molecule has 0 radical (unpaired) electrons. The average Bonchev–Trinajstić information content (AvgIpc) is 3.04. The molecular weight excluding hydrogens is 440 g/mol. The van der Waals surface area contributed by atoms with E-state index in [1.807, 2.05) is 13.1 Å². The van der Waals surface area contributed by atoms with Gasteiger partial charge in [0.05, 0.1) is 22.9 Å². The number of nitrogens with one attached hydrogen (secondary N) is 1. The number of pyridine rings is 1. The molecule has 0 fully saturated rings. The van der Waals surface area contributed by atoms with Gasteiger partial charge < -0.3 is 19.8 Å². The highest BCUT2D eigenvalue weighted by atomic mass is 35.5. The molecule has 10 heteroatoms. The summed E-state index contributed by atoms with van der Waals surface area (Å²) in [6.45, 7) is 0.803. The van der Waals surface area contributed by atoms with Gasteiger partial charge in [0.1, 0.15) is 11.5 Å². The summed E-state index contributed by atoms with van der Waals surface area (Å²) in [4.78, 5) is 8.59. The third-order valence-corrected chi connectivity index (χ3v) is 5.06. The van der Waals surface area contributed by atoms with E-state index in [1.54, 1.807) is 34.9 Å². The number of hydrogen-bond donors (Lipinski definition) is 2. The number of aromatic nitrogens is 3. The Morgan fingerprint density at radius 3 is 2.69 bits per heavy atom. The van der Waals surface area contributed by atoms with Crippen LogP contribution in [0.15, 0.2) is 59.9 Å². The molecule has 0 atom stereocenters. The largest absolute Gasteiger partial charge is 0.457 e. The van der Waals surface area contributed by atoms with Crippen LogP contribution in [-0.2, 0) is 13.0 Å². The topological polar surface area (TPSA) is 84.6 Å². The molecule has 2 N–H and O–H groups in total. The highest BCUT2D eigenvalue weighted by molar-refractivity contribution is 6.31. The van der Waals surface area contributed by atoms with Crippen LogP contribution in [0, 0.1) is 0 Å². The van der Waals surface area contributed by atoms with Crippen LogP contribution < -0.4 is 10.1 Å². The van der Waals surface area contributed by atoms with Crippen LogP contribution in [0.2, 0.25) is 5.02 Å². The predicted molar refractivity (Wildman–Crippen MR) is 119 cm³/mol. The summed E-state index contributed by atoms with van der Waals surface area (Å²) in [6.07, 6.45) is 2.73. The lowest BCUT2D eigenvalue weighted by atomic mass is 10.1. The number of anilines is 2. The summed E-state index contributed by atoms with van der Waals surface area (Å²) in [7, 11) is 1.81. The van der Waals surface area contributed by atoms with E-state index in [4.69, 9.17) is 21.5 Å². The second-order valence-corrected chi connectivity index (χ2v) is 7.52. The van der Waals surface area contributed by atoms with Crippen molar-refractivity contribution in [2.75, 3.05) is 5.32 Å². The van der Waals surface area contributed by atoms with Crippen LogP contribution in [0.3, 0.4) is 0 Å². The predicted octanol–water partition coefficient (Wildman–Crippen LogP) is 6.08. The van der Waals surface area contributed by atoms with Crippen LogP contribution in [0.1, 0.15) is 18.2 Å². The van der Waals surface area contributed by atoms with Crippen molar-refractivity contribution in [2.45, 2.75) is 12.8 Å². The molecule has 0 aliphatic heterocycles. The van der Waals surface area contributed by atoms with Crippen LogP contribution >= 0.6 is 11.6 Å². The maximum atomic E-state index is 13.8. The molecule has 7 nitrogen and oxygen atoms in total. The van der Waals surface area contributed by atoms with Gasteiger partial charge >= 0.3 is 0 Å². The van der Waals surface area contributed by atoms with Crippen molar-refractivity contribution < 1.29 is 18.7 Å². The van der Waals surface area contributed by atoms with Crippen molar-refractivity contribution in [1.82, 2.24) is 14.5 Å². The van der Waals surface area contributed by atoms with Crippen molar-refractivity contribution in [2.24, 2.45) is 12.2 Å². The number of fused-ring (bicyclic) bond motifs is 1. The van der Waals surface area contributed by atoms with E-state index in [1.165, 1.54) is 24.5 Å². The molecule has 0 saturated heterocycles. The molecule has 0 amide bonds. The average molecular weight is 458 g/mol. The van der Waals surface area contributed by atoms with E-state index < -0.39 is 5.92 Å². The number of rotatable bonds is 6. The van der Waals surface area contributed by atoms with Gasteiger partial charge in [-0.15, -0.1) is 0 Å². The molecule has 0 spiro atoms. The third-order valence-electron chi connectivity index (χ3n) is 4.73. The van der Waals surface area contributed by atoms with Crippen molar-refractivity contribution in [3.63, 3.8) is 0 Å². The van der Waals surface area contributed by atoms with E-state index in [2.05, 4.69) is 20.4 Å². The second-order valence-electron chi connectivity index (χ2n) is 7.12. The first-order valence-electron chi connectivity index (χ1n) is 9.47. The fraction of sp³-hybridized carbons (Fsp3) is 0.136. The first kappa shape index (κ1) is 21.5. The highest BCUT2D eigenvalue weighted by Crippen LogP contribution is 2.35. The zero-order chi connectivity index (χ0) is 22.9. The monoisotopic (exact) mass is 457 g/mol. The van der Waals surface area contributed by atoms with Gasteiger partial charge in [0.15, 0.2) is 0 Å². The maximum Gasteiger partial charge on any atom is 0.272 e. The van der Waals surface area contributed by atoms with Gasteiger partial charge in [-0.2, -0.15) is 0 Å². The molecule has 32 heavy (non-hydrogen) atoms. The Kier molecular flexibility index (Phi) is 5.67. The fourth-order valence-electron chi connectivity index (χ4n) is 3.18. The van der Waals surface area contributed by atoms with E-state index in [0.29, 0.717) is 34.3 Å². The number of nitrogens with zero attached hydrogens (tertiary/aromatic N) is 4. The number of alkyl halides is 2. The molecule has 0 saturated carbocycles. The number of imidazole rings is 1. The van der Waals surface area contributed by atoms with E-state index >= 15 is 0 Å². The zero-order valence-electron chi connectivity index (χ0n) is 17.1. The van der Waals surface area contributed by atoms with Gasteiger partial charge in [0.2, 0.25) is 5.95 Å². The molecule has 4 rings (SSSR count). The minimum absolute atomic E-state index is 0.000582. The van der Waals surface area contributed by atoms with E-state index in [-0.39, 0.29) is 10.6 Å². The highest BCUT2D eigenvalue weighted by Gasteiger charge is 2.27. The molecule has 2 heterocycles. The minimum atomic E-state index is -3.07. The molecule has 4 aromatic rings. The summed E-state index contributed by atoms with van der Waals surface area (Å²) in [5.74, 6) is -1.55.